The van der Waals surface area contributed by atoms with Crippen molar-refractivity contribution in [3.63, 3.8) is 0 Å². The first kappa shape index (κ1) is 17.1. The van der Waals surface area contributed by atoms with Crippen molar-refractivity contribution in [2.45, 2.75) is 19.5 Å². The van der Waals surface area contributed by atoms with E-state index in [9.17, 15) is 0 Å². The second-order valence-corrected chi connectivity index (χ2v) is 7.33. The number of nitrogens with zero attached hydrogens (tertiary/aromatic N) is 3. The maximum Gasteiger partial charge on any atom is 0.257 e. The summed E-state index contributed by atoms with van der Waals surface area (Å²) in [6.07, 6.45) is 0. The first-order valence-corrected chi connectivity index (χ1v) is 9.15. The molecule has 5 nitrogen and oxygen atoms in total. The molecule has 1 atom stereocenters. The van der Waals surface area contributed by atoms with Gasteiger partial charge in [0.2, 0.25) is 5.89 Å². The number of rotatable bonds is 6. The average Bonchev–Trinajstić information content (AvgIpc) is 3.25. The Bertz CT molecular complexity index is 804. The Morgan fingerprint density at radius 1 is 1.33 bits per heavy atom. The lowest BCUT2D eigenvalue weighted by Crippen LogP contribution is -2.22. The largest absolute Gasteiger partial charge is 0.496 e. The molecular weight excluding hydrogens is 390 g/mol. The number of aromatic nitrogens is 2. The second-order valence-electron chi connectivity index (χ2n) is 5.47. The molecule has 3 rings (SSSR count). The molecule has 2 aromatic heterocycles. The van der Waals surface area contributed by atoms with E-state index in [4.69, 9.17) is 9.15 Å². The van der Waals surface area contributed by atoms with Crippen LogP contribution in [0.4, 0.5) is 0 Å². The average molecular weight is 408 g/mol. The zero-order chi connectivity index (χ0) is 17.1. The van der Waals surface area contributed by atoms with Gasteiger partial charge in [-0.2, -0.15) is 0 Å². The first-order valence-electron chi connectivity index (χ1n) is 7.48. The Morgan fingerprint density at radius 3 is 2.88 bits per heavy atom. The summed E-state index contributed by atoms with van der Waals surface area (Å²) in [5.74, 6) is 2.04. The van der Waals surface area contributed by atoms with E-state index in [1.54, 1.807) is 18.4 Å². The van der Waals surface area contributed by atoms with E-state index in [0.29, 0.717) is 18.3 Å². The van der Waals surface area contributed by atoms with Crippen LogP contribution in [-0.4, -0.2) is 29.3 Å². The van der Waals surface area contributed by atoms with Crippen LogP contribution >= 0.6 is 27.3 Å². The number of ether oxygens (including phenoxy) is 1. The molecule has 0 radical (unpaired) electrons. The zero-order valence-electron chi connectivity index (χ0n) is 13.7. The van der Waals surface area contributed by atoms with Crippen molar-refractivity contribution in [1.82, 2.24) is 15.1 Å². The monoisotopic (exact) mass is 407 g/mol. The molecule has 0 aliphatic carbocycles. The van der Waals surface area contributed by atoms with Crippen molar-refractivity contribution < 1.29 is 9.15 Å². The summed E-state index contributed by atoms with van der Waals surface area (Å²) in [5.41, 5.74) is 1.10. The third-order valence-electron chi connectivity index (χ3n) is 3.85. The highest BCUT2D eigenvalue weighted by molar-refractivity contribution is 9.10. The van der Waals surface area contributed by atoms with Crippen molar-refractivity contribution in [1.29, 1.82) is 0 Å². The maximum absolute atomic E-state index is 5.83. The minimum absolute atomic E-state index is 0.00472. The van der Waals surface area contributed by atoms with Crippen molar-refractivity contribution in [3.8, 4) is 16.5 Å². The molecule has 0 saturated carbocycles. The number of benzene rings is 1. The minimum atomic E-state index is -0.00472. The molecule has 0 N–H and O–H groups in total. The van der Waals surface area contributed by atoms with Gasteiger partial charge in [0.05, 0.1) is 18.0 Å². The fraction of sp³-hybridized carbons (Fsp3) is 0.294. The van der Waals surface area contributed by atoms with Crippen LogP contribution in [-0.2, 0) is 6.54 Å². The fourth-order valence-corrected chi connectivity index (χ4v) is 3.42. The highest BCUT2D eigenvalue weighted by Crippen LogP contribution is 2.29. The summed E-state index contributed by atoms with van der Waals surface area (Å²) in [6, 6.07) is 9.93. The lowest BCUT2D eigenvalue weighted by Gasteiger charge is -2.22. The molecule has 0 fully saturated rings. The summed E-state index contributed by atoms with van der Waals surface area (Å²) in [5, 5.41) is 10.3. The summed E-state index contributed by atoms with van der Waals surface area (Å²) >= 11 is 5.10. The van der Waals surface area contributed by atoms with E-state index in [-0.39, 0.29) is 6.04 Å². The van der Waals surface area contributed by atoms with Crippen molar-refractivity contribution in [2.24, 2.45) is 0 Å². The Labute approximate surface area is 153 Å². The number of hydrogen-bond acceptors (Lipinski definition) is 6. The van der Waals surface area contributed by atoms with Crippen molar-refractivity contribution >= 4 is 27.3 Å². The smallest absolute Gasteiger partial charge is 0.257 e. The van der Waals surface area contributed by atoms with Crippen LogP contribution in [0, 0.1) is 0 Å². The van der Waals surface area contributed by atoms with Gasteiger partial charge in [0.25, 0.3) is 5.89 Å². The second kappa shape index (κ2) is 7.46. The van der Waals surface area contributed by atoms with Gasteiger partial charge in [-0.25, -0.2) is 0 Å². The fourth-order valence-electron chi connectivity index (χ4n) is 2.37. The Balaban J connectivity index is 1.75. The third kappa shape index (κ3) is 3.68. The first-order chi connectivity index (χ1) is 11.6. The van der Waals surface area contributed by atoms with Gasteiger partial charge < -0.3 is 9.15 Å². The molecule has 0 amide bonds. The van der Waals surface area contributed by atoms with Gasteiger partial charge in [0, 0.05) is 16.6 Å². The highest BCUT2D eigenvalue weighted by atomic mass is 79.9. The van der Waals surface area contributed by atoms with E-state index < -0.39 is 0 Å². The van der Waals surface area contributed by atoms with Gasteiger partial charge in [-0.15, -0.1) is 21.5 Å². The van der Waals surface area contributed by atoms with Gasteiger partial charge in [0.1, 0.15) is 5.75 Å². The molecule has 0 aliphatic rings. The Kier molecular flexibility index (Phi) is 5.33. The van der Waals surface area contributed by atoms with Gasteiger partial charge in [-0.3, -0.25) is 4.90 Å². The van der Waals surface area contributed by atoms with Gasteiger partial charge >= 0.3 is 0 Å². The van der Waals surface area contributed by atoms with E-state index in [1.165, 1.54) is 0 Å². The lowest BCUT2D eigenvalue weighted by atomic mass is 10.1. The van der Waals surface area contributed by atoms with Crippen LogP contribution in [0.15, 0.2) is 44.6 Å². The van der Waals surface area contributed by atoms with E-state index in [2.05, 4.69) is 44.0 Å². The summed E-state index contributed by atoms with van der Waals surface area (Å²) in [7, 11) is 3.71. The summed E-state index contributed by atoms with van der Waals surface area (Å²) in [6.45, 7) is 2.76. The molecule has 0 bridgehead atoms. The van der Waals surface area contributed by atoms with Crippen molar-refractivity contribution in [3.05, 3.63) is 51.6 Å². The molecule has 126 valence electrons. The summed E-state index contributed by atoms with van der Waals surface area (Å²) in [4.78, 5) is 3.13. The summed E-state index contributed by atoms with van der Waals surface area (Å²) < 4.78 is 12.3. The van der Waals surface area contributed by atoms with Crippen LogP contribution in [0.1, 0.15) is 24.4 Å². The quantitative estimate of drug-likeness (QED) is 0.589. The normalized spacial score (nSPS) is 12.5. The number of halogens is 1. The molecule has 0 spiro atoms. The van der Waals surface area contributed by atoms with E-state index in [1.807, 2.05) is 36.7 Å². The van der Waals surface area contributed by atoms with Gasteiger partial charge in [-0.05, 0) is 43.6 Å². The molecule has 3 aromatic rings. The topological polar surface area (TPSA) is 51.4 Å². The predicted octanol–water partition coefficient (Wildman–Crippen LogP) is 4.76. The van der Waals surface area contributed by atoms with E-state index >= 15 is 0 Å². The highest BCUT2D eigenvalue weighted by Gasteiger charge is 2.20. The Morgan fingerprint density at radius 2 is 2.17 bits per heavy atom. The van der Waals surface area contributed by atoms with Crippen molar-refractivity contribution in [2.75, 3.05) is 14.2 Å². The van der Waals surface area contributed by atoms with Crippen LogP contribution in [0.5, 0.6) is 5.75 Å². The standard InChI is InChI=1S/C17H18BrN3O2S/c1-11(16-19-20-17(23-16)15-5-4-8-24-15)21(2)10-12-9-13(18)6-7-14(12)22-3/h4-9,11H,10H2,1-3H3/t11-/m1/s1. The van der Waals surface area contributed by atoms with Gasteiger partial charge in [0.15, 0.2) is 0 Å². The molecule has 7 heteroatoms. The third-order valence-corrected chi connectivity index (χ3v) is 5.20. The number of methoxy groups -OCH3 is 1. The molecule has 1 aromatic carbocycles. The maximum atomic E-state index is 5.83. The number of hydrogen-bond donors (Lipinski definition) is 0. The molecule has 2 heterocycles. The van der Waals surface area contributed by atoms with Crippen LogP contribution in [0.2, 0.25) is 0 Å². The van der Waals surface area contributed by atoms with Crippen LogP contribution in [0.3, 0.4) is 0 Å². The molecule has 0 unspecified atom stereocenters. The SMILES string of the molecule is COc1ccc(Br)cc1CN(C)[C@H](C)c1nnc(-c2cccs2)o1. The predicted molar refractivity (Wildman–Crippen MR) is 98.2 cm³/mol. The molecular formula is C17H18BrN3O2S. The molecule has 24 heavy (non-hydrogen) atoms. The number of thiophene rings is 1. The van der Waals surface area contributed by atoms with Gasteiger partial charge in [-0.1, -0.05) is 22.0 Å². The zero-order valence-corrected chi connectivity index (χ0v) is 16.1. The Hall–Kier alpha value is -1.70. The molecule has 0 aliphatic heterocycles. The molecule has 0 saturated heterocycles. The minimum Gasteiger partial charge on any atom is -0.496 e. The van der Waals surface area contributed by atoms with Crippen LogP contribution in [0.25, 0.3) is 10.8 Å². The van der Waals surface area contributed by atoms with Crippen LogP contribution < -0.4 is 4.74 Å². The van der Waals surface area contributed by atoms with E-state index in [0.717, 1.165) is 20.7 Å². The lowest BCUT2D eigenvalue weighted by molar-refractivity contribution is 0.215.